The van der Waals surface area contributed by atoms with Crippen molar-refractivity contribution in [3.63, 3.8) is 0 Å². The van der Waals surface area contributed by atoms with E-state index in [2.05, 4.69) is 35.6 Å². The first kappa shape index (κ1) is 15.9. The third-order valence-electron chi connectivity index (χ3n) is 2.23. The van der Waals surface area contributed by atoms with E-state index < -0.39 is 6.04 Å². The average molecular weight is 245 g/mol. The van der Waals surface area contributed by atoms with Gasteiger partial charge in [0.1, 0.15) is 6.04 Å². The lowest BCUT2D eigenvalue weighted by Gasteiger charge is -2.23. The molecule has 0 fully saturated rings. The fourth-order valence-electron chi connectivity index (χ4n) is 1.24. The van der Waals surface area contributed by atoms with E-state index in [1.807, 2.05) is 0 Å². The topological polar surface area (TPSA) is 64.6 Å². The molecule has 0 aromatic heterocycles. The van der Waals surface area contributed by atoms with Crippen LogP contribution in [-0.2, 0) is 19.1 Å². The first-order valence-corrected chi connectivity index (χ1v) is 5.68. The highest BCUT2D eigenvalue weighted by Crippen LogP contribution is 2.12. The maximum Gasteiger partial charge on any atom is 0.322 e. The number of carbonyl (C=O) groups is 2. The van der Waals surface area contributed by atoms with Crippen LogP contribution in [0.2, 0.25) is 0 Å². The smallest absolute Gasteiger partial charge is 0.322 e. The van der Waals surface area contributed by atoms with Gasteiger partial charge < -0.3 is 14.8 Å². The second-order valence-corrected chi connectivity index (χ2v) is 5.13. The highest BCUT2D eigenvalue weighted by molar-refractivity contribution is 5.77. The van der Waals surface area contributed by atoms with Crippen molar-refractivity contribution in [2.24, 2.45) is 5.41 Å². The van der Waals surface area contributed by atoms with Crippen molar-refractivity contribution in [3.8, 4) is 0 Å². The van der Waals surface area contributed by atoms with Crippen LogP contribution in [-0.4, -0.2) is 38.7 Å². The van der Waals surface area contributed by atoms with E-state index in [1.54, 1.807) is 0 Å². The second-order valence-electron chi connectivity index (χ2n) is 5.13. The third-order valence-corrected chi connectivity index (χ3v) is 2.23. The summed E-state index contributed by atoms with van der Waals surface area (Å²) < 4.78 is 9.23. The Balaban J connectivity index is 4.24. The first-order valence-electron chi connectivity index (χ1n) is 5.68. The van der Waals surface area contributed by atoms with Gasteiger partial charge in [0.15, 0.2) is 0 Å². The van der Waals surface area contributed by atoms with Crippen molar-refractivity contribution in [2.45, 2.75) is 39.7 Å². The number of rotatable bonds is 6. The number of nitrogens with one attached hydrogen (secondary N) is 1. The summed E-state index contributed by atoms with van der Waals surface area (Å²) in [6.45, 7) is 6.87. The Morgan fingerprint density at radius 2 is 1.76 bits per heavy atom. The molecule has 1 N–H and O–H groups in total. The molecule has 0 aliphatic heterocycles. The second kappa shape index (κ2) is 7.27. The van der Waals surface area contributed by atoms with Gasteiger partial charge in [-0.15, -0.1) is 0 Å². The van der Waals surface area contributed by atoms with Gasteiger partial charge >= 0.3 is 11.9 Å². The molecule has 0 saturated heterocycles. The van der Waals surface area contributed by atoms with Gasteiger partial charge in [0.25, 0.3) is 0 Å². The molecule has 0 radical (unpaired) electrons. The Morgan fingerprint density at radius 3 is 2.18 bits per heavy atom. The van der Waals surface area contributed by atoms with Crippen LogP contribution in [0.25, 0.3) is 0 Å². The Labute approximate surface area is 103 Å². The fourth-order valence-corrected chi connectivity index (χ4v) is 1.24. The molecule has 17 heavy (non-hydrogen) atoms. The van der Waals surface area contributed by atoms with E-state index in [0.29, 0.717) is 13.0 Å². The van der Waals surface area contributed by atoms with Crippen LogP contribution < -0.4 is 5.32 Å². The van der Waals surface area contributed by atoms with Gasteiger partial charge in [0.05, 0.1) is 14.2 Å². The van der Waals surface area contributed by atoms with Gasteiger partial charge in [-0.1, -0.05) is 20.8 Å². The molecular weight excluding hydrogens is 222 g/mol. The van der Waals surface area contributed by atoms with E-state index in [1.165, 1.54) is 14.2 Å². The van der Waals surface area contributed by atoms with Crippen molar-refractivity contribution in [1.29, 1.82) is 0 Å². The molecule has 0 rings (SSSR count). The van der Waals surface area contributed by atoms with E-state index in [9.17, 15) is 9.59 Å². The van der Waals surface area contributed by atoms with Gasteiger partial charge in [0, 0.05) is 13.0 Å². The lowest BCUT2D eigenvalue weighted by atomic mass is 9.96. The van der Waals surface area contributed by atoms with Gasteiger partial charge in [-0.3, -0.25) is 9.59 Å². The number of hydrogen-bond acceptors (Lipinski definition) is 5. The lowest BCUT2D eigenvalue weighted by molar-refractivity contribution is -0.144. The zero-order valence-corrected chi connectivity index (χ0v) is 11.3. The maximum absolute atomic E-state index is 11.5. The number of methoxy groups -OCH3 is 2. The molecule has 0 aliphatic carbocycles. The molecule has 100 valence electrons. The largest absolute Gasteiger partial charge is 0.469 e. The molecule has 1 unspecified atom stereocenters. The van der Waals surface area contributed by atoms with Crippen LogP contribution in [0.15, 0.2) is 0 Å². The van der Waals surface area contributed by atoms with Crippen LogP contribution in [0.5, 0.6) is 0 Å². The standard InChI is InChI=1S/C12H23NO4/c1-12(2,3)8-13-9(11(15)17-5)6-7-10(14)16-4/h9,13H,6-8H2,1-5H3. The number of esters is 2. The molecule has 0 bridgehead atoms. The summed E-state index contributed by atoms with van der Waals surface area (Å²) in [5.41, 5.74) is 0.0670. The SMILES string of the molecule is COC(=O)CCC(NCC(C)(C)C)C(=O)OC. The Hall–Kier alpha value is -1.10. The lowest BCUT2D eigenvalue weighted by Crippen LogP contribution is -2.42. The Morgan fingerprint density at radius 1 is 1.18 bits per heavy atom. The summed E-state index contributed by atoms with van der Waals surface area (Å²) in [6, 6.07) is -0.460. The average Bonchev–Trinajstić information content (AvgIpc) is 2.26. The summed E-state index contributed by atoms with van der Waals surface area (Å²) >= 11 is 0. The highest BCUT2D eigenvalue weighted by atomic mass is 16.5. The van der Waals surface area contributed by atoms with E-state index in [4.69, 9.17) is 0 Å². The zero-order chi connectivity index (χ0) is 13.5. The molecule has 0 amide bonds. The van der Waals surface area contributed by atoms with Crippen molar-refractivity contribution in [3.05, 3.63) is 0 Å². The molecule has 0 heterocycles. The van der Waals surface area contributed by atoms with Crippen molar-refractivity contribution < 1.29 is 19.1 Å². The van der Waals surface area contributed by atoms with Gasteiger partial charge in [0.2, 0.25) is 0 Å². The molecule has 5 heteroatoms. The van der Waals surface area contributed by atoms with Crippen molar-refractivity contribution in [2.75, 3.05) is 20.8 Å². The number of ether oxygens (including phenoxy) is 2. The maximum atomic E-state index is 11.5. The van der Waals surface area contributed by atoms with Crippen molar-refractivity contribution >= 4 is 11.9 Å². The van der Waals surface area contributed by atoms with Crippen LogP contribution >= 0.6 is 0 Å². The zero-order valence-electron chi connectivity index (χ0n) is 11.3. The van der Waals surface area contributed by atoms with E-state index in [0.717, 1.165) is 0 Å². The fraction of sp³-hybridized carbons (Fsp3) is 0.833. The minimum Gasteiger partial charge on any atom is -0.469 e. The highest BCUT2D eigenvalue weighted by Gasteiger charge is 2.22. The summed E-state index contributed by atoms with van der Waals surface area (Å²) in [4.78, 5) is 22.5. The van der Waals surface area contributed by atoms with Gasteiger partial charge in [-0.2, -0.15) is 0 Å². The minimum absolute atomic E-state index is 0.0670. The molecule has 0 aromatic rings. The molecule has 0 aromatic carbocycles. The molecule has 1 atom stereocenters. The predicted octanol–water partition coefficient (Wildman–Crippen LogP) is 1.12. The third kappa shape index (κ3) is 7.74. The van der Waals surface area contributed by atoms with Gasteiger partial charge in [-0.25, -0.2) is 0 Å². The number of hydrogen-bond donors (Lipinski definition) is 1. The molecular formula is C12H23NO4. The van der Waals surface area contributed by atoms with E-state index in [-0.39, 0.29) is 23.8 Å². The van der Waals surface area contributed by atoms with E-state index >= 15 is 0 Å². The molecule has 0 aliphatic rings. The number of carbonyl (C=O) groups excluding carboxylic acids is 2. The molecule has 5 nitrogen and oxygen atoms in total. The Bertz CT molecular complexity index is 258. The molecule has 0 spiro atoms. The first-order chi connectivity index (χ1) is 7.80. The molecule has 0 saturated carbocycles. The van der Waals surface area contributed by atoms with Crippen LogP contribution in [0.1, 0.15) is 33.6 Å². The summed E-state index contributed by atoms with van der Waals surface area (Å²) in [5, 5.41) is 3.11. The monoisotopic (exact) mass is 245 g/mol. The minimum atomic E-state index is -0.460. The Kier molecular flexibility index (Phi) is 6.80. The van der Waals surface area contributed by atoms with Crippen LogP contribution in [0.3, 0.4) is 0 Å². The quantitative estimate of drug-likeness (QED) is 0.710. The van der Waals surface area contributed by atoms with Gasteiger partial charge in [-0.05, 0) is 11.8 Å². The summed E-state index contributed by atoms with van der Waals surface area (Å²) in [6.07, 6.45) is 0.586. The normalized spacial score (nSPS) is 13.0. The van der Waals surface area contributed by atoms with Crippen LogP contribution in [0, 0.1) is 5.41 Å². The van der Waals surface area contributed by atoms with Crippen molar-refractivity contribution in [1.82, 2.24) is 5.32 Å². The predicted molar refractivity (Wildman–Crippen MR) is 64.5 cm³/mol. The summed E-state index contributed by atoms with van der Waals surface area (Å²) in [5.74, 6) is -0.672. The van der Waals surface area contributed by atoms with Crippen LogP contribution in [0.4, 0.5) is 0 Å². The summed E-state index contributed by atoms with van der Waals surface area (Å²) in [7, 11) is 2.67.